The Morgan fingerprint density at radius 1 is 0.909 bits per heavy atom. The van der Waals surface area contributed by atoms with Crippen molar-refractivity contribution in [2.45, 2.75) is 33.7 Å². The third-order valence-electron chi connectivity index (χ3n) is 5.69. The predicted octanol–water partition coefficient (Wildman–Crippen LogP) is 3.96. The van der Waals surface area contributed by atoms with E-state index in [1.165, 1.54) is 11.6 Å². The van der Waals surface area contributed by atoms with Crippen molar-refractivity contribution in [2.75, 3.05) is 10.6 Å². The molecule has 0 saturated carbocycles. The summed E-state index contributed by atoms with van der Waals surface area (Å²) >= 11 is 0. The number of anilines is 2. The van der Waals surface area contributed by atoms with Crippen LogP contribution in [0.1, 0.15) is 31.3 Å². The maximum Gasteiger partial charge on any atom is 0.281 e. The van der Waals surface area contributed by atoms with Gasteiger partial charge in [-0.05, 0) is 57.2 Å². The fourth-order valence-electron chi connectivity index (χ4n) is 4.12. The van der Waals surface area contributed by atoms with E-state index in [0.29, 0.717) is 28.1 Å². The average Bonchev–Trinajstić information content (AvgIpc) is 3.05. The van der Waals surface area contributed by atoms with Gasteiger partial charge in [0, 0.05) is 35.1 Å². The van der Waals surface area contributed by atoms with E-state index in [1.54, 1.807) is 37.4 Å². The molecule has 0 aliphatic rings. The number of fused-ring (bicyclic) bond motifs is 1. The maximum absolute atomic E-state index is 13.3. The van der Waals surface area contributed by atoms with Gasteiger partial charge in [0.2, 0.25) is 11.8 Å². The molecule has 33 heavy (non-hydrogen) atoms. The zero-order valence-corrected chi connectivity index (χ0v) is 18.9. The summed E-state index contributed by atoms with van der Waals surface area (Å²) in [5, 5.41) is 11.2. The highest BCUT2D eigenvalue weighted by molar-refractivity contribution is 5.96. The van der Waals surface area contributed by atoms with Gasteiger partial charge in [0.25, 0.3) is 5.56 Å². The zero-order valence-electron chi connectivity index (χ0n) is 18.9. The smallest absolute Gasteiger partial charge is 0.281 e. The average molecular weight is 444 g/mol. The number of nitrogens with zero attached hydrogens (tertiary/aromatic N) is 3. The highest BCUT2D eigenvalue weighted by Gasteiger charge is 2.23. The standard InChI is InChI=1S/C25H25N5O3/c1-15-22-14-26-30(21-8-6-5-7-9-21)25(33)23(22)16(2)29(15)17(3)24(32)28-20-12-10-19(11-13-20)27-18(4)31/h5-14,17H,1-4H3,(H,27,31)(H,28,32)/t17-/m0/s1. The second-order valence-corrected chi connectivity index (χ2v) is 7.95. The van der Waals surface area contributed by atoms with E-state index in [1.807, 2.05) is 48.7 Å². The fourth-order valence-corrected chi connectivity index (χ4v) is 4.12. The predicted molar refractivity (Wildman–Crippen MR) is 129 cm³/mol. The van der Waals surface area contributed by atoms with Crippen molar-refractivity contribution in [3.05, 3.63) is 82.5 Å². The van der Waals surface area contributed by atoms with Crippen LogP contribution in [0.25, 0.3) is 16.5 Å². The highest BCUT2D eigenvalue weighted by atomic mass is 16.2. The molecule has 0 bridgehead atoms. The van der Waals surface area contributed by atoms with E-state index in [9.17, 15) is 14.4 Å². The minimum absolute atomic E-state index is 0.160. The van der Waals surface area contributed by atoms with Crippen molar-refractivity contribution in [1.82, 2.24) is 14.3 Å². The summed E-state index contributed by atoms with van der Waals surface area (Å²) < 4.78 is 3.24. The first-order valence-corrected chi connectivity index (χ1v) is 10.6. The first-order chi connectivity index (χ1) is 15.8. The summed E-state index contributed by atoms with van der Waals surface area (Å²) in [7, 11) is 0. The maximum atomic E-state index is 13.3. The van der Waals surface area contributed by atoms with Gasteiger partial charge in [-0.1, -0.05) is 18.2 Å². The number of aryl methyl sites for hydroxylation is 2. The van der Waals surface area contributed by atoms with Gasteiger partial charge in [-0.2, -0.15) is 9.78 Å². The first kappa shape index (κ1) is 22.0. The second kappa shape index (κ2) is 8.74. The van der Waals surface area contributed by atoms with Crippen LogP contribution in [-0.4, -0.2) is 26.2 Å². The van der Waals surface area contributed by atoms with Crippen LogP contribution in [0.2, 0.25) is 0 Å². The number of carbonyl (C=O) groups is 2. The minimum Gasteiger partial charge on any atom is -0.336 e. The zero-order chi connectivity index (χ0) is 23.7. The molecule has 2 aromatic carbocycles. The van der Waals surface area contributed by atoms with E-state index in [-0.39, 0.29) is 17.4 Å². The van der Waals surface area contributed by atoms with Gasteiger partial charge in [-0.3, -0.25) is 14.4 Å². The van der Waals surface area contributed by atoms with Crippen LogP contribution >= 0.6 is 0 Å². The quantitative estimate of drug-likeness (QED) is 0.488. The summed E-state index contributed by atoms with van der Waals surface area (Å²) in [5.41, 5.74) is 3.24. The number of benzene rings is 2. The largest absolute Gasteiger partial charge is 0.336 e. The normalized spacial score (nSPS) is 11.9. The number of amides is 2. The molecule has 8 heteroatoms. The molecule has 0 aliphatic carbocycles. The molecule has 8 nitrogen and oxygen atoms in total. The third-order valence-corrected chi connectivity index (χ3v) is 5.69. The molecule has 4 aromatic rings. The number of carbonyl (C=O) groups excluding carboxylic acids is 2. The van der Waals surface area contributed by atoms with E-state index in [2.05, 4.69) is 15.7 Å². The summed E-state index contributed by atoms with van der Waals surface area (Å²) in [6.45, 7) is 6.96. The van der Waals surface area contributed by atoms with Crippen LogP contribution in [0.5, 0.6) is 0 Å². The van der Waals surface area contributed by atoms with Crippen molar-refractivity contribution < 1.29 is 9.59 Å². The molecule has 0 saturated heterocycles. The van der Waals surface area contributed by atoms with Crippen molar-refractivity contribution in [3.63, 3.8) is 0 Å². The summed E-state index contributed by atoms with van der Waals surface area (Å²) in [6, 6.07) is 15.6. The van der Waals surface area contributed by atoms with Crippen LogP contribution < -0.4 is 16.2 Å². The molecule has 2 amide bonds. The van der Waals surface area contributed by atoms with Gasteiger partial charge in [-0.25, -0.2) is 0 Å². The SMILES string of the molecule is CC(=O)Nc1ccc(NC(=O)[C@H](C)n2c(C)c3cnn(-c4ccccc4)c(=O)c3c2C)cc1. The molecule has 2 N–H and O–H groups in total. The monoisotopic (exact) mass is 443 g/mol. The number of hydrogen-bond donors (Lipinski definition) is 2. The van der Waals surface area contributed by atoms with Crippen molar-refractivity contribution in [3.8, 4) is 5.69 Å². The summed E-state index contributed by atoms with van der Waals surface area (Å²) in [6.07, 6.45) is 1.67. The van der Waals surface area contributed by atoms with E-state index >= 15 is 0 Å². The molecule has 1 atom stereocenters. The summed E-state index contributed by atoms with van der Waals surface area (Å²) in [4.78, 5) is 37.5. The second-order valence-electron chi connectivity index (χ2n) is 7.95. The minimum atomic E-state index is -0.558. The molecular weight excluding hydrogens is 418 g/mol. The van der Waals surface area contributed by atoms with Crippen molar-refractivity contribution >= 4 is 34.0 Å². The lowest BCUT2D eigenvalue weighted by atomic mass is 10.2. The lowest BCUT2D eigenvalue weighted by molar-refractivity contribution is -0.119. The topological polar surface area (TPSA) is 98.0 Å². The van der Waals surface area contributed by atoms with Gasteiger partial charge in [-0.15, -0.1) is 0 Å². The lowest BCUT2D eigenvalue weighted by Crippen LogP contribution is -2.25. The van der Waals surface area contributed by atoms with Crippen LogP contribution in [0.4, 0.5) is 11.4 Å². The fraction of sp³-hybridized carbons (Fsp3) is 0.200. The summed E-state index contributed by atoms with van der Waals surface area (Å²) in [5.74, 6) is -0.378. The molecule has 0 spiro atoms. The molecule has 2 heterocycles. The molecule has 168 valence electrons. The van der Waals surface area contributed by atoms with E-state index in [4.69, 9.17) is 0 Å². The van der Waals surface area contributed by atoms with Crippen LogP contribution in [0.15, 0.2) is 65.6 Å². The molecule has 0 unspecified atom stereocenters. The van der Waals surface area contributed by atoms with E-state index in [0.717, 1.165) is 11.1 Å². The number of nitrogens with one attached hydrogen (secondary N) is 2. The third kappa shape index (κ3) is 4.15. The molecule has 4 rings (SSSR count). The van der Waals surface area contributed by atoms with Crippen molar-refractivity contribution in [1.29, 1.82) is 0 Å². The van der Waals surface area contributed by atoms with Crippen molar-refractivity contribution in [2.24, 2.45) is 0 Å². The highest BCUT2D eigenvalue weighted by Crippen LogP contribution is 2.27. The molecule has 0 radical (unpaired) electrons. The van der Waals surface area contributed by atoms with E-state index < -0.39 is 6.04 Å². The molecule has 0 aliphatic heterocycles. The van der Waals surface area contributed by atoms with Gasteiger partial charge in [0.1, 0.15) is 6.04 Å². The molecular formula is C25H25N5O3. The lowest BCUT2D eigenvalue weighted by Gasteiger charge is -2.18. The van der Waals surface area contributed by atoms with Gasteiger partial charge >= 0.3 is 0 Å². The molecule has 0 fully saturated rings. The van der Waals surface area contributed by atoms with Crippen LogP contribution in [-0.2, 0) is 9.59 Å². The number of hydrogen-bond acceptors (Lipinski definition) is 4. The van der Waals surface area contributed by atoms with Gasteiger partial charge in [0.15, 0.2) is 0 Å². The number of para-hydroxylation sites is 1. The molecule has 2 aromatic heterocycles. The van der Waals surface area contributed by atoms with Gasteiger partial charge < -0.3 is 15.2 Å². The Morgan fingerprint density at radius 3 is 2.12 bits per heavy atom. The van der Waals surface area contributed by atoms with Gasteiger partial charge in [0.05, 0.1) is 17.3 Å². The van der Waals surface area contributed by atoms with Crippen LogP contribution in [0, 0.1) is 13.8 Å². The Hall–Kier alpha value is -4.20. The number of rotatable bonds is 5. The Kier molecular flexibility index (Phi) is 5.83. The van der Waals surface area contributed by atoms with Crippen LogP contribution in [0.3, 0.4) is 0 Å². The Bertz CT molecular complexity index is 1400. The first-order valence-electron chi connectivity index (χ1n) is 10.6. The Balaban J connectivity index is 1.66. The number of aromatic nitrogens is 3. The Labute approximate surface area is 190 Å². The Morgan fingerprint density at radius 2 is 1.52 bits per heavy atom.